The Morgan fingerprint density at radius 2 is 2.00 bits per heavy atom. The molecule has 0 fully saturated rings. The second kappa shape index (κ2) is 2.98. The summed E-state index contributed by atoms with van der Waals surface area (Å²) in [5.74, 6) is 0.0817. The van der Waals surface area contributed by atoms with Gasteiger partial charge < -0.3 is 4.98 Å². The molecule has 0 aliphatic carbocycles. The first-order valence-electron chi connectivity index (χ1n) is 4.69. The SMILES string of the molecule is CC(=O)c1cc2ccc(C)c(C)c2[nH]1. The standard InChI is InChI=1S/C12H13NO/c1-7-4-5-10-6-11(9(3)14)13-12(10)8(7)2/h4-6,13H,1-3H3. The molecular weight excluding hydrogens is 174 g/mol. The molecule has 0 saturated heterocycles. The molecule has 0 unspecified atom stereocenters. The predicted octanol–water partition coefficient (Wildman–Crippen LogP) is 2.99. The van der Waals surface area contributed by atoms with E-state index < -0.39 is 0 Å². The molecule has 1 N–H and O–H groups in total. The van der Waals surface area contributed by atoms with E-state index in [4.69, 9.17) is 0 Å². The zero-order chi connectivity index (χ0) is 10.3. The molecule has 1 heterocycles. The van der Waals surface area contributed by atoms with Gasteiger partial charge in [-0.25, -0.2) is 0 Å². The van der Waals surface area contributed by atoms with Crippen LogP contribution in [0.2, 0.25) is 0 Å². The molecule has 0 atom stereocenters. The minimum atomic E-state index is 0.0817. The minimum absolute atomic E-state index is 0.0817. The first-order valence-corrected chi connectivity index (χ1v) is 4.69. The number of hydrogen-bond acceptors (Lipinski definition) is 1. The number of H-pyrrole nitrogens is 1. The fourth-order valence-electron chi connectivity index (χ4n) is 1.64. The molecule has 14 heavy (non-hydrogen) atoms. The molecule has 0 saturated carbocycles. The van der Waals surface area contributed by atoms with Gasteiger partial charge >= 0.3 is 0 Å². The molecule has 0 spiro atoms. The van der Waals surface area contributed by atoms with Gasteiger partial charge in [0, 0.05) is 17.8 Å². The van der Waals surface area contributed by atoms with Crippen LogP contribution in [-0.4, -0.2) is 10.8 Å². The Morgan fingerprint density at radius 1 is 1.29 bits per heavy atom. The quantitative estimate of drug-likeness (QED) is 0.684. The van der Waals surface area contributed by atoms with Crippen molar-refractivity contribution in [1.29, 1.82) is 0 Å². The van der Waals surface area contributed by atoms with Gasteiger partial charge in [0.25, 0.3) is 0 Å². The number of carbonyl (C=O) groups excluding carboxylic acids is 1. The number of Topliss-reactive ketones (excluding diaryl/α,β-unsaturated/α-hetero) is 1. The highest BCUT2D eigenvalue weighted by atomic mass is 16.1. The Labute approximate surface area is 82.9 Å². The number of benzene rings is 1. The molecule has 2 rings (SSSR count). The van der Waals surface area contributed by atoms with Gasteiger partial charge in [0.15, 0.2) is 5.78 Å². The summed E-state index contributed by atoms with van der Waals surface area (Å²) < 4.78 is 0. The highest BCUT2D eigenvalue weighted by Crippen LogP contribution is 2.21. The van der Waals surface area contributed by atoms with Crippen LogP contribution < -0.4 is 0 Å². The van der Waals surface area contributed by atoms with Crippen molar-refractivity contribution in [2.75, 3.05) is 0 Å². The van der Waals surface area contributed by atoms with Crippen molar-refractivity contribution < 1.29 is 4.79 Å². The number of carbonyl (C=O) groups is 1. The van der Waals surface area contributed by atoms with Crippen LogP contribution in [0.1, 0.15) is 28.5 Å². The van der Waals surface area contributed by atoms with Crippen molar-refractivity contribution in [3.05, 3.63) is 35.0 Å². The number of aromatic nitrogens is 1. The summed E-state index contributed by atoms with van der Waals surface area (Å²) in [4.78, 5) is 14.3. The summed E-state index contributed by atoms with van der Waals surface area (Å²) in [6.45, 7) is 5.72. The summed E-state index contributed by atoms with van der Waals surface area (Å²) in [7, 11) is 0. The molecule has 2 heteroatoms. The lowest BCUT2D eigenvalue weighted by Crippen LogP contribution is -1.90. The number of ketones is 1. The first-order chi connectivity index (χ1) is 6.59. The highest BCUT2D eigenvalue weighted by molar-refractivity contribution is 5.98. The predicted molar refractivity (Wildman–Crippen MR) is 57.8 cm³/mol. The third-order valence-electron chi connectivity index (χ3n) is 2.71. The van der Waals surface area contributed by atoms with Crippen molar-refractivity contribution in [2.45, 2.75) is 20.8 Å². The Morgan fingerprint density at radius 3 is 2.64 bits per heavy atom. The maximum Gasteiger partial charge on any atom is 0.175 e. The van der Waals surface area contributed by atoms with E-state index >= 15 is 0 Å². The van der Waals surface area contributed by atoms with E-state index in [2.05, 4.69) is 24.9 Å². The molecular formula is C12H13NO. The van der Waals surface area contributed by atoms with Gasteiger partial charge in [0.05, 0.1) is 5.69 Å². The van der Waals surface area contributed by atoms with Crippen molar-refractivity contribution in [3.8, 4) is 0 Å². The highest BCUT2D eigenvalue weighted by Gasteiger charge is 2.07. The second-order valence-corrected chi connectivity index (χ2v) is 3.71. The molecule has 0 amide bonds. The Bertz CT molecular complexity index is 508. The molecule has 0 radical (unpaired) electrons. The maximum absolute atomic E-state index is 11.2. The number of hydrogen-bond donors (Lipinski definition) is 1. The van der Waals surface area contributed by atoms with E-state index in [9.17, 15) is 4.79 Å². The lowest BCUT2D eigenvalue weighted by molar-refractivity contribution is 0.101. The largest absolute Gasteiger partial charge is 0.352 e. The summed E-state index contributed by atoms with van der Waals surface area (Å²) in [5, 5.41) is 1.11. The summed E-state index contributed by atoms with van der Waals surface area (Å²) in [6, 6.07) is 6.03. The van der Waals surface area contributed by atoms with Gasteiger partial charge in [-0.3, -0.25) is 4.79 Å². The molecule has 0 aliphatic heterocycles. The average molecular weight is 187 g/mol. The smallest absolute Gasteiger partial charge is 0.175 e. The van der Waals surface area contributed by atoms with Crippen LogP contribution in [-0.2, 0) is 0 Å². The zero-order valence-corrected chi connectivity index (χ0v) is 8.64. The van der Waals surface area contributed by atoms with Crippen molar-refractivity contribution in [2.24, 2.45) is 0 Å². The molecule has 2 nitrogen and oxygen atoms in total. The molecule has 0 bridgehead atoms. The summed E-state index contributed by atoms with van der Waals surface area (Å²) in [6.07, 6.45) is 0. The van der Waals surface area contributed by atoms with Crippen LogP contribution >= 0.6 is 0 Å². The van der Waals surface area contributed by atoms with E-state index in [-0.39, 0.29) is 5.78 Å². The molecule has 0 aliphatic rings. The number of fused-ring (bicyclic) bond motifs is 1. The van der Waals surface area contributed by atoms with Gasteiger partial charge in [-0.1, -0.05) is 12.1 Å². The lowest BCUT2D eigenvalue weighted by Gasteiger charge is -1.99. The van der Waals surface area contributed by atoms with Crippen LogP contribution in [0.4, 0.5) is 0 Å². The van der Waals surface area contributed by atoms with E-state index in [1.807, 2.05) is 12.1 Å². The summed E-state index contributed by atoms with van der Waals surface area (Å²) in [5.41, 5.74) is 4.23. The van der Waals surface area contributed by atoms with Gasteiger partial charge in [-0.2, -0.15) is 0 Å². The average Bonchev–Trinajstić information content (AvgIpc) is 2.56. The van der Waals surface area contributed by atoms with E-state index in [1.165, 1.54) is 11.1 Å². The fourth-order valence-corrected chi connectivity index (χ4v) is 1.64. The third kappa shape index (κ3) is 1.23. The summed E-state index contributed by atoms with van der Waals surface area (Å²) >= 11 is 0. The van der Waals surface area contributed by atoms with Crippen molar-refractivity contribution in [1.82, 2.24) is 4.98 Å². The number of aryl methyl sites for hydroxylation is 2. The van der Waals surface area contributed by atoms with E-state index in [1.54, 1.807) is 6.92 Å². The van der Waals surface area contributed by atoms with Gasteiger partial charge in [-0.15, -0.1) is 0 Å². The minimum Gasteiger partial charge on any atom is -0.352 e. The fraction of sp³-hybridized carbons (Fsp3) is 0.250. The van der Waals surface area contributed by atoms with E-state index in [0.29, 0.717) is 5.69 Å². The van der Waals surface area contributed by atoms with E-state index in [0.717, 1.165) is 10.9 Å². The zero-order valence-electron chi connectivity index (χ0n) is 8.64. The molecule has 1 aromatic carbocycles. The van der Waals surface area contributed by atoms with Gasteiger partial charge in [0.2, 0.25) is 0 Å². The Kier molecular flexibility index (Phi) is 1.92. The van der Waals surface area contributed by atoms with Crippen LogP contribution in [0.3, 0.4) is 0 Å². The van der Waals surface area contributed by atoms with Crippen molar-refractivity contribution >= 4 is 16.7 Å². The van der Waals surface area contributed by atoms with Crippen LogP contribution in [0, 0.1) is 13.8 Å². The van der Waals surface area contributed by atoms with Crippen LogP contribution in [0.15, 0.2) is 18.2 Å². The lowest BCUT2D eigenvalue weighted by atomic mass is 10.1. The topological polar surface area (TPSA) is 32.9 Å². The molecule has 72 valence electrons. The maximum atomic E-state index is 11.2. The van der Waals surface area contributed by atoms with Gasteiger partial charge in [0.1, 0.15) is 0 Å². The Balaban J connectivity index is 2.77. The number of nitrogens with one attached hydrogen (secondary N) is 1. The first kappa shape index (κ1) is 9.00. The monoisotopic (exact) mass is 187 g/mol. The molecule has 2 aromatic rings. The Hall–Kier alpha value is -1.57. The third-order valence-corrected chi connectivity index (χ3v) is 2.71. The molecule has 1 aromatic heterocycles. The van der Waals surface area contributed by atoms with Crippen LogP contribution in [0.5, 0.6) is 0 Å². The van der Waals surface area contributed by atoms with Crippen LogP contribution in [0.25, 0.3) is 10.9 Å². The second-order valence-electron chi connectivity index (χ2n) is 3.71. The van der Waals surface area contributed by atoms with Crippen molar-refractivity contribution in [3.63, 3.8) is 0 Å². The normalized spacial score (nSPS) is 10.8. The number of aromatic amines is 1. The number of rotatable bonds is 1. The van der Waals surface area contributed by atoms with Gasteiger partial charge in [-0.05, 0) is 31.0 Å².